The van der Waals surface area contributed by atoms with Crippen molar-refractivity contribution in [3.8, 4) is 6.07 Å². The van der Waals surface area contributed by atoms with Crippen LogP contribution in [0.25, 0.3) is 0 Å². The average molecular weight is 233 g/mol. The van der Waals surface area contributed by atoms with Gasteiger partial charge in [0.25, 0.3) is 0 Å². The topological polar surface area (TPSA) is 48.7 Å². The molecule has 2 aliphatic rings. The Bertz CT molecular complexity index is 446. The first-order valence-electron chi connectivity index (χ1n) is 5.91. The molecule has 1 aromatic heterocycles. The molecule has 0 amide bonds. The van der Waals surface area contributed by atoms with E-state index < -0.39 is 0 Å². The molecule has 1 heterocycles. The van der Waals surface area contributed by atoms with Crippen molar-refractivity contribution in [2.24, 2.45) is 11.8 Å². The van der Waals surface area contributed by atoms with Gasteiger partial charge in [0.15, 0.2) is 0 Å². The molecule has 1 N–H and O–H groups in total. The fourth-order valence-electron chi connectivity index (χ4n) is 3.19. The van der Waals surface area contributed by atoms with Gasteiger partial charge in [-0.3, -0.25) is 0 Å². The lowest BCUT2D eigenvalue weighted by Gasteiger charge is -2.22. The monoisotopic (exact) mass is 233 g/mol. The van der Waals surface area contributed by atoms with Crippen LogP contribution in [0.2, 0.25) is 0 Å². The summed E-state index contributed by atoms with van der Waals surface area (Å²) in [5, 5.41) is 13.6. The molecule has 84 valence electrons. The van der Waals surface area contributed by atoms with Crippen molar-refractivity contribution >= 4 is 16.5 Å². The lowest BCUT2D eigenvalue weighted by Crippen LogP contribution is -2.25. The van der Waals surface area contributed by atoms with Crippen LogP contribution in [0.3, 0.4) is 0 Å². The van der Waals surface area contributed by atoms with E-state index in [1.54, 1.807) is 0 Å². The van der Waals surface area contributed by atoms with Gasteiger partial charge in [0.2, 0.25) is 0 Å². The van der Waals surface area contributed by atoms with Gasteiger partial charge in [-0.1, -0.05) is 6.42 Å². The van der Waals surface area contributed by atoms with Gasteiger partial charge >= 0.3 is 0 Å². The summed E-state index contributed by atoms with van der Waals surface area (Å²) in [7, 11) is 0. The number of nitriles is 1. The molecule has 2 aliphatic carbocycles. The Morgan fingerprint density at radius 2 is 2.31 bits per heavy atom. The summed E-state index contributed by atoms with van der Waals surface area (Å²) in [5.41, 5.74) is 1.60. The summed E-state index contributed by atoms with van der Waals surface area (Å²) in [4.78, 5) is 0. The van der Waals surface area contributed by atoms with Gasteiger partial charge in [-0.15, -0.1) is 0 Å². The predicted octanol–water partition coefficient (Wildman–Crippen LogP) is 2.92. The smallest absolute Gasteiger partial charge is 0.127 e. The summed E-state index contributed by atoms with van der Waals surface area (Å²) >= 11 is 1.43. The van der Waals surface area contributed by atoms with E-state index in [4.69, 9.17) is 5.26 Å². The van der Waals surface area contributed by atoms with Crippen molar-refractivity contribution < 1.29 is 0 Å². The zero-order valence-corrected chi connectivity index (χ0v) is 10.2. The molecule has 3 atom stereocenters. The van der Waals surface area contributed by atoms with Crippen LogP contribution < -0.4 is 5.32 Å². The second-order valence-electron chi connectivity index (χ2n) is 5.01. The lowest BCUT2D eigenvalue weighted by atomic mass is 9.95. The normalized spacial score (nSPS) is 31.6. The zero-order chi connectivity index (χ0) is 11.1. The third-order valence-electron chi connectivity index (χ3n) is 4.03. The molecule has 2 fully saturated rings. The highest BCUT2D eigenvalue weighted by Crippen LogP contribution is 2.46. The molecule has 16 heavy (non-hydrogen) atoms. The van der Waals surface area contributed by atoms with Gasteiger partial charge in [-0.25, -0.2) is 0 Å². The molecule has 3 rings (SSSR count). The quantitative estimate of drug-likeness (QED) is 0.854. The van der Waals surface area contributed by atoms with Gasteiger partial charge in [0.1, 0.15) is 16.6 Å². The van der Waals surface area contributed by atoms with Crippen LogP contribution in [0.15, 0.2) is 0 Å². The molecule has 0 radical (unpaired) electrons. The maximum absolute atomic E-state index is 9.07. The van der Waals surface area contributed by atoms with E-state index in [0.29, 0.717) is 6.04 Å². The fourth-order valence-corrected chi connectivity index (χ4v) is 4.00. The number of aromatic nitrogens is 1. The predicted molar refractivity (Wildman–Crippen MR) is 64.4 cm³/mol. The molecule has 0 saturated heterocycles. The minimum atomic E-state index is 0.589. The van der Waals surface area contributed by atoms with Crippen LogP contribution in [-0.4, -0.2) is 10.4 Å². The van der Waals surface area contributed by atoms with Crippen LogP contribution in [0.1, 0.15) is 36.9 Å². The Kier molecular flexibility index (Phi) is 2.36. The Labute approximate surface area is 99.6 Å². The zero-order valence-electron chi connectivity index (χ0n) is 9.36. The van der Waals surface area contributed by atoms with Crippen molar-refractivity contribution in [2.45, 2.75) is 38.6 Å². The fraction of sp³-hybridized carbons (Fsp3) is 0.667. The molecule has 1 aromatic rings. The Balaban J connectivity index is 1.77. The van der Waals surface area contributed by atoms with Crippen LogP contribution in [0.5, 0.6) is 0 Å². The van der Waals surface area contributed by atoms with E-state index in [0.717, 1.165) is 28.1 Å². The number of hydrogen-bond donors (Lipinski definition) is 1. The Morgan fingerprint density at radius 1 is 1.44 bits per heavy atom. The first kappa shape index (κ1) is 10.1. The lowest BCUT2D eigenvalue weighted by molar-refractivity contribution is 0.440. The number of nitrogens with zero attached hydrogens (tertiary/aromatic N) is 2. The van der Waals surface area contributed by atoms with Gasteiger partial charge in [-0.05, 0) is 49.6 Å². The van der Waals surface area contributed by atoms with E-state index in [9.17, 15) is 0 Å². The second-order valence-corrected chi connectivity index (χ2v) is 5.78. The third-order valence-corrected chi connectivity index (χ3v) is 4.90. The summed E-state index contributed by atoms with van der Waals surface area (Å²) in [5.74, 6) is 1.76. The molecule has 0 spiro atoms. The molecule has 4 heteroatoms. The van der Waals surface area contributed by atoms with E-state index in [2.05, 4.69) is 15.8 Å². The van der Waals surface area contributed by atoms with Crippen molar-refractivity contribution in [1.82, 2.24) is 4.37 Å². The first-order chi connectivity index (χ1) is 7.78. The highest BCUT2D eigenvalue weighted by molar-refractivity contribution is 7.10. The molecule has 3 unspecified atom stereocenters. The van der Waals surface area contributed by atoms with Gasteiger partial charge in [-0.2, -0.15) is 9.64 Å². The van der Waals surface area contributed by atoms with Crippen LogP contribution in [0, 0.1) is 30.1 Å². The minimum absolute atomic E-state index is 0.589. The van der Waals surface area contributed by atoms with E-state index in [1.165, 1.54) is 37.2 Å². The summed E-state index contributed by atoms with van der Waals surface area (Å²) in [6, 6.07) is 2.84. The number of rotatable bonds is 2. The molecule has 2 bridgehead atoms. The average Bonchev–Trinajstić information content (AvgIpc) is 2.94. The van der Waals surface area contributed by atoms with E-state index in [1.807, 2.05) is 6.92 Å². The maximum atomic E-state index is 9.07. The van der Waals surface area contributed by atoms with E-state index >= 15 is 0 Å². The number of hydrogen-bond acceptors (Lipinski definition) is 4. The number of aryl methyl sites for hydroxylation is 1. The highest BCUT2D eigenvalue weighted by Gasteiger charge is 2.39. The molecular weight excluding hydrogens is 218 g/mol. The largest absolute Gasteiger partial charge is 0.372 e. The van der Waals surface area contributed by atoms with Crippen LogP contribution in [-0.2, 0) is 0 Å². The molecule has 0 aromatic carbocycles. The number of fused-ring (bicyclic) bond motifs is 2. The van der Waals surface area contributed by atoms with Gasteiger partial charge in [0.05, 0.1) is 5.69 Å². The molecule has 0 aliphatic heterocycles. The number of nitrogens with one attached hydrogen (secondary N) is 1. The summed E-state index contributed by atoms with van der Waals surface area (Å²) in [6.07, 6.45) is 5.45. The maximum Gasteiger partial charge on any atom is 0.127 e. The van der Waals surface area contributed by atoms with Crippen LogP contribution >= 0.6 is 11.5 Å². The third kappa shape index (κ3) is 1.51. The van der Waals surface area contributed by atoms with Crippen molar-refractivity contribution in [3.05, 3.63) is 11.3 Å². The van der Waals surface area contributed by atoms with Crippen molar-refractivity contribution in [1.29, 1.82) is 5.26 Å². The molecular formula is C12H15N3S. The van der Waals surface area contributed by atoms with Crippen molar-refractivity contribution in [3.63, 3.8) is 0 Å². The Morgan fingerprint density at radius 3 is 2.94 bits per heavy atom. The highest BCUT2D eigenvalue weighted by atomic mass is 32.1. The van der Waals surface area contributed by atoms with E-state index in [-0.39, 0.29) is 0 Å². The SMILES string of the molecule is Cc1nsc(NC2CC3CCC2C3)c1C#N. The molecule has 3 nitrogen and oxygen atoms in total. The van der Waals surface area contributed by atoms with Gasteiger partial charge < -0.3 is 5.32 Å². The second kappa shape index (κ2) is 3.74. The summed E-state index contributed by atoms with van der Waals surface area (Å²) in [6.45, 7) is 1.90. The minimum Gasteiger partial charge on any atom is -0.372 e. The summed E-state index contributed by atoms with van der Waals surface area (Å²) < 4.78 is 4.25. The Hall–Kier alpha value is -1.08. The first-order valence-corrected chi connectivity index (χ1v) is 6.68. The molecule has 2 saturated carbocycles. The van der Waals surface area contributed by atoms with Crippen molar-refractivity contribution in [2.75, 3.05) is 5.32 Å². The van der Waals surface area contributed by atoms with Gasteiger partial charge in [0, 0.05) is 6.04 Å². The number of anilines is 1. The van der Waals surface area contributed by atoms with Crippen LogP contribution in [0.4, 0.5) is 5.00 Å². The standard InChI is InChI=1S/C12H15N3S/c1-7-10(6-13)12(16-15-7)14-11-5-8-2-3-9(11)4-8/h8-9,11,14H,2-5H2,1H3.